The zero-order valence-corrected chi connectivity index (χ0v) is 11.7. The average molecular weight is 260 g/mol. The fraction of sp³-hybridized carbons (Fsp3) is 0.467. The molecule has 1 unspecified atom stereocenters. The van der Waals surface area contributed by atoms with Gasteiger partial charge in [0.05, 0.1) is 25.3 Å². The van der Waals surface area contributed by atoms with Gasteiger partial charge < -0.3 is 19.4 Å². The van der Waals surface area contributed by atoms with Crippen molar-refractivity contribution in [2.24, 2.45) is 7.05 Å². The molecule has 4 heteroatoms. The van der Waals surface area contributed by atoms with Crippen molar-refractivity contribution in [2.45, 2.75) is 13.0 Å². The number of methoxy groups -OCH3 is 1. The zero-order valence-electron chi connectivity index (χ0n) is 11.7. The first kappa shape index (κ1) is 12.5. The molecule has 1 saturated heterocycles. The summed E-state index contributed by atoms with van der Waals surface area (Å²) < 4.78 is 13.6. The molecular weight excluding hydrogens is 240 g/mol. The van der Waals surface area contributed by atoms with E-state index in [2.05, 4.69) is 29.9 Å². The third-order valence-electron chi connectivity index (χ3n) is 3.99. The van der Waals surface area contributed by atoms with Crippen LogP contribution >= 0.6 is 0 Å². The Balaban J connectivity index is 2.21. The molecule has 2 aromatic rings. The van der Waals surface area contributed by atoms with E-state index in [9.17, 15) is 0 Å². The summed E-state index contributed by atoms with van der Waals surface area (Å²) >= 11 is 0. The number of nitrogens with one attached hydrogen (secondary N) is 1. The summed E-state index contributed by atoms with van der Waals surface area (Å²) in [5, 5.41) is 4.63. The van der Waals surface area contributed by atoms with Gasteiger partial charge in [-0.25, -0.2) is 0 Å². The average Bonchev–Trinajstić information content (AvgIpc) is 2.72. The minimum absolute atomic E-state index is 0.129. The predicted octanol–water partition coefficient (Wildman–Crippen LogP) is 2.16. The van der Waals surface area contributed by atoms with Crippen LogP contribution in [0.25, 0.3) is 10.9 Å². The van der Waals surface area contributed by atoms with Crippen LogP contribution in [-0.4, -0.2) is 31.4 Å². The van der Waals surface area contributed by atoms with Gasteiger partial charge in [-0.15, -0.1) is 0 Å². The summed E-state index contributed by atoms with van der Waals surface area (Å²) in [5.41, 5.74) is 3.67. The number of rotatable bonds is 2. The summed E-state index contributed by atoms with van der Waals surface area (Å²) in [6.45, 7) is 4.72. The molecule has 1 fully saturated rings. The molecule has 0 radical (unpaired) electrons. The van der Waals surface area contributed by atoms with Crippen molar-refractivity contribution in [1.82, 2.24) is 9.88 Å². The highest BCUT2D eigenvalue weighted by Crippen LogP contribution is 2.36. The molecule has 0 spiro atoms. The first-order valence-corrected chi connectivity index (χ1v) is 6.68. The van der Waals surface area contributed by atoms with Gasteiger partial charge >= 0.3 is 0 Å². The van der Waals surface area contributed by atoms with Gasteiger partial charge in [0.15, 0.2) is 0 Å². The van der Waals surface area contributed by atoms with Crippen LogP contribution in [0.5, 0.6) is 5.75 Å². The van der Waals surface area contributed by atoms with E-state index in [0.717, 1.165) is 31.0 Å². The number of benzene rings is 1. The Kier molecular flexibility index (Phi) is 3.21. The summed E-state index contributed by atoms with van der Waals surface area (Å²) in [5.74, 6) is 0.915. The van der Waals surface area contributed by atoms with E-state index in [1.165, 1.54) is 16.6 Å². The number of nitrogens with zero attached hydrogens (tertiary/aromatic N) is 1. The molecule has 19 heavy (non-hydrogen) atoms. The lowest BCUT2D eigenvalue weighted by molar-refractivity contribution is 0.0281. The van der Waals surface area contributed by atoms with E-state index in [1.807, 2.05) is 12.1 Å². The van der Waals surface area contributed by atoms with Crippen molar-refractivity contribution in [2.75, 3.05) is 26.8 Å². The normalized spacial score (nSPS) is 19.8. The molecule has 3 rings (SSSR count). The largest absolute Gasteiger partial charge is 0.495 e. The van der Waals surface area contributed by atoms with Crippen molar-refractivity contribution in [1.29, 1.82) is 0 Å². The molecule has 2 heterocycles. The van der Waals surface area contributed by atoms with E-state index >= 15 is 0 Å². The van der Waals surface area contributed by atoms with Gasteiger partial charge in [0.2, 0.25) is 0 Å². The lowest BCUT2D eigenvalue weighted by Crippen LogP contribution is -2.33. The van der Waals surface area contributed by atoms with E-state index in [0.29, 0.717) is 0 Å². The van der Waals surface area contributed by atoms with Crippen molar-refractivity contribution in [3.8, 4) is 5.75 Å². The van der Waals surface area contributed by atoms with Crippen LogP contribution in [0.3, 0.4) is 0 Å². The molecule has 1 atom stereocenters. The standard InChI is InChI=1S/C15H20N2O2/c1-10-14(13-9-16-7-8-19-13)11-5-4-6-12(18-3)15(11)17(10)2/h4-6,13,16H,7-9H2,1-3H3. The van der Waals surface area contributed by atoms with Gasteiger partial charge in [-0.2, -0.15) is 0 Å². The maximum Gasteiger partial charge on any atom is 0.143 e. The Morgan fingerprint density at radius 1 is 1.42 bits per heavy atom. The van der Waals surface area contributed by atoms with Crippen LogP contribution in [0.1, 0.15) is 17.4 Å². The molecule has 102 valence electrons. The Bertz CT molecular complexity index is 598. The van der Waals surface area contributed by atoms with Gasteiger partial charge in [0, 0.05) is 36.8 Å². The highest BCUT2D eigenvalue weighted by molar-refractivity contribution is 5.90. The van der Waals surface area contributed by atoms with E-state index in [4.69, 9.17) is 9.47 Å². The number of para-hydroxylation sites is 1. The zero-order chi connectivity index (χ0) is 13.4. The van der Waals surface area contributed by atoms with Gasteiger partial charge in [-0.3, -0.25) is 0 Å². The minimum Gasteiger partial charge on any atom is -0.495 e. The first-order valence-electron chi connectivity index (χ1n) is 6.68. The monoisotopic (exact) mass is 260 g/mol. The van der Waals surface area contributed by atoms with Crippen molar-refractivity contribution >= 4 is 10.9 Å². The quantitative estimate of drug-likeness (QED) is 0.898. The molecule has 1 aromatic heterocycles. The summed E-state index contributed by atoms with van der Waals surface area (Å²) in [4.78, 5) is 0. The molecule has 0 aliphatic carbocycles. The number of hydrogen-bond donors (Lipinski definition) is 1. The molecule has 4 nitrogen and oxygen atoms in total. The van der Waals surface area contributed by atoms with E-state index in [1.54, 1.807) is 7.11 Å². The summed E-state index contributed by atoms with van der Waals surface area (Å²) in [6, 6.07) is 6.20. The maximum absolute atomic E-state index is 5.92. The van der Waals surface area contributed by atoms with Gasteiger partial charge in [0.1, 0.15) is 5.75 Å². The molecule has 1 aromatic carbocycles. The van der Waals surface area contributed by atoms with Gasteiger partial charge in [-0.05, 0) is 13.0 Å². The second kappa shape index (κ2) is 4.87. The summed E-state index contributed by atoms with van der Waals surface area (Å²) in [7, 11) is 3.80. The fourth-order valence-electron chi connectivity index (χ4n) is 2.95. The highest BCUT2D eigenvalue weighted by Gasteiger charge is 2.24. The first-order chi connectivity index (χ1) is 9.24. The fourth-order valence-corrected chi connectivity index (χ4v) is 2.95. The summed E-state index contributed by atoms with van der Waals surface area (Å²) in [6.07, 6.45) is 0.129. The third-order valence-corrected chi connectivity index (χ3v) is 3.99. The Labute approximate surface area is 113 Å². The number of aryl methyl sites for hydroxylation is 1. The number of ether oxygens (including phenoxy) is 2. The van der Waals surface area contributed by atoms with Crippen molar-refractivity contribution in [3.63, 3.8) is 0 Å². The molecule has 0 amide bonds. The Morgan fingerprint density at radius 2 is 2.26 bits per heavy atom. The van der Waals surface area contributed by atoms with E-state index in [-0.39, 0.29) is 6.10 Å². The van der Waals surface area contributed by atoms with Crippen molar-refractivity contribution < 1.29 is 9.47 Å². The van der Waals surface area contributed by atoms with Crippen molar-refractivity contribution in [3.05, 3.63) is 29.5 Å². The van der Waals surface area contributed by atoms with Crippen LogP contribution in [0.2, 0.25) is 0 Å². The molecule has 0 saturated carbocycles. The van der Waals surface area contributed by atoms with Crippen LogP contribution in [0, 0.1) is 6.92 Å². The smallest absolute Gasteiger partial charge is 0.143 e. The predicted molar refractivity (Wildman–Crippen MR) is 75.8 cm³/mol. The van der Waals surface area contributed by atoms with Crippen LogP contribution in [0.4, 0.5) is 0 Å². The maximum atomic E-state index is 5.92. The van der Waals surface area contributed by atoms with E-state index < -0.39 is 0 Å². The Hall–Kier alpha value is -1.52. The minimum atomic E-state index is 0.129. The molecule has 1 aliphatic rings. The lowest BCUT2D eigenvalue weighted by Gasteiger charge is -2.24. The van der Waals surface area contributed by atoms with Gasteiger partial charge in [0.25, 0.3) is 0 Å². The SMILES string of the molecule is COc1cccc2c(C3CNCCO3)c(C)n(C)c12. The number of morpholine rings is 1. The van der Waals surface area contributed by atoms with Gasteiger partial charge in [-0.1, -0.05) is 12.1 Å². The number of fused-ring (bicyclic) bond motifs is 1. The highest BCUT2D eigenvalue weighted by atomic mass is 16.5. The number of aromatic nitrogens is 1. The molecular formula is C15H20N2O2. The van der Waals surface area contributed by atoms with Crippen LogP contribution in [-0.2, 0) is 11.8 Å². The second-order valence-corrected chi connectivity index (χ2v) is 4.98. The Morgan fingerprint density at radius 3 is 2.95 bits per heavy atom. The third kappa shape index (κ3) is 1.91. The topological polar surface area (TPSA) is 35.4 Å². The molecule has 1 aliphatic heterocycles. The molecule has 1 N–H and O–H groups in total. The van der Waals surface area contributed by atoms with Crippen LogP contribution < -0.4 is 10.1 Å². The van der Waals surface area contributed by atoms with Crippen LogP contribution in [0.15, 0.2) is 18.2 Å². The second-order valence-electron chi connectivity index (χ2n) is 4.98. The number of hydrogen-bond acceptors (Lipinski definition) is 3. The lowest BCUT2D eigenvalue weighted by atomic mass is 10.0. The molecule has 0 bridgehead atoms.